The first-order valence-electron chi connectivity index (χ1n) is 7.23. The molecule has 0 saturated carbocycles. The van der Waals surface area contributed by atoms with E-state index in [0.29, 0.717) is 6.04 Å². The number of hydrogen-bond acceptors (Lipinski definition) is 2. The number of pyridine rings is 1. The van der Waals surface area contributed by atoms with Crippen molar-refractivity contribution in [3.63, 3.8) is 0 Å². The maximum Gasteiger partial charge on any atom is 0.0705 e. The van der Waals surface area contributed by atoms with Crippen LogP contribution in [0, 0.1) is 5.92 Å². The fraction of sp³-hybridized carbons (Fsp3) is 0.471. The van der Waals surface area contributed by atoms with Crippen LogP contribution in [0.15, 0.2) is 36.5 Å². The number of benzene rings is 1. The van der Waals surface area contributed by atoms with E-state index < -0.39 is 0 Å². The van der Waals surface area contributed by atoms with Crippen LogP contribution in [-0.4, -0.2) is 12.0 Å². The van der Waals surface area contributed by atoms with Crippen molar-refractivity contribution in [2.75, 3.05) is 7.05 Å². The number of hydrogen-bond donors (Lipinski definition) is 1. The van der Waals surface area contributed by atoms with Gasteiger partial charge in [0.1, 0.15) is 0 Å². The molecule has 1 heterocycles. The highest BCUT2D eigenvalue weighted by molar-refractivity contribution is 5.82. The summed E-state index contributed by atoms with van der Waals surface area (Å²) in [5.74, 6) is 0.784. The van der Waals surface area contributed by atoms with Crippen LogP contribution in [0.5, 0.6) is 0 Å². The van der Waals surface area contributed by atoms with Crippen LogP contribution in [0.2, 0.25) is 0 Å². The van der Waals surface area contributed by atoms with Crippen LogP contribution in [0.3, 0.4) is 0 Å². The van der Waals surface area contributed by atoms with Gasteiger partial charge in [0.2, 0.25) is 0 Å². The van der Waals surface area contributed by atoms with Crippen LogP contribution >= 0.6 is 0 Å². The van der Waals surface area contributed by atoms with Crippen molar-refractivity contribution in [3.05, 3.63) is 42.1 Å². The van der Waals surface area contributed by atoms with Crippen LogP contribution in [0.1, 0.15) is 44.7 Å². The van der Waals surface area contributed by atoms with Gasteiger partial charge in [-0.3, -0.25) is 4.98 Å². The first-order valence-corrected chi connectivity index (χ1v) is 7.23. The fourth-order valence-corrected chi connectivity index (χ4v) is 2.62. The molecule has 2 heteroatoms. The molecule has 0 saturated heterocycles. The molecule has 0 fully saturated rings. The molecule has 0 bridgehead atoms. The summed E-state index contributed by atoms with van der Waals surface area (Å²) < 4.78 is 0. The van der Waals surface area contributed by atoms with E-state index in [2.05, 4.69) is 55.5 Å². The number of fused-ring (bicyclic) bond motifs is 1. The SMILES string of the molecule is CNC(CCCC(C)C)c1cccc2ncccc12. The van der Waals surface area contributed by atoms with Crippen LogP contribution in [0.4, 0.5) is 0 Å². The van der Waals surface area contributed by atoms with Crippen molar-refractivity contribution in [2.45, 2.75) is 39.2 Å². The van der Waals surface area contributed by atoms with E-state index in [9.17, 15) is 0 Å². The molecule has 2 rings (SSSR count). The Morgan fingerprint density at radius 1 is 1.11 bits per heavy atom. The molecule has 1 aromatic heterocycles. The Morgan fingerprint density at radius 3 is 2.68 bits per heavy atom. The number of nitrogens with zero attached hydrogens (tertiary/aromatic N) is 1. The predicted octanol–water partition coefficient (Wildman–Crippen LogP) is 4.32. The van der Waals surface area contributed by atoms with Crippen molar-refractivity contribution < 1.29 is 0 Å². The monoisotopic (exact) mass is 256 g/mol. The number of rotatable bonds is 6. The first-order chi connectivity index (χ1) is 9.22. The zero-order valence-corrected chi connectivity index (χ0v) is 12.2. The summed E-state index contributed by atoms with van der Waals surface area (Å²) in [6.45, 7) is 4.58. The quantitative estimate of drug-likeness (QED) is 0.832. The van der Waals surface area contributed by atoms with E-state index in [1.54, 1.807) is 0 Å². The highest BCUT2D eigenvalue weighted by atomic mass is 14.9. The Bertz CT molecular complexity index is 514. The second-order valence-electron chi connectivity index (χ2n) is 5.58. The van der Waals surface area contributed by atoms with Crippen molar-refractivity contribution in [3.8, 4) is 0 Å². The van der Waals surface area contributed by atoms with E-state index in [4.69, 9.17) is 0 Å². The predicted molar refractivity (Wildman–Crippen MR) is 82.2 cm³/mol. The van der Waals surface area contributed by atoms with Crippen molar-refractivity contribution >= 4 is 10.9 Å². The smallest absolute Gasteiger partial charge is 0.0705 e. The van der Waals surface area contributed by atoms with Gasteiger partial charge in [-0.2, -0.15) is 0 Å². The molecule has 1 N–H and O–H groups in total. The third kappa shape index (κ3) is 3.54. The Balaban J connectivity index is 2.20. The maximum absolute atomic E-state index is 4.44. The van der Waals surface area contributed by atoms with Gasteiger partial charge in [-0.05, 0) is 37.1 Å². The van der Waals surface area contributed by atoms with Gasteiger partial charge >= 0.3 is 0 Å². The summed E-state index contributed by atoms with van der Waals surface area (Å²) in [4.78, 5) is 4.44. The average molecular weight is 256 g/mol. The Kier molecular flexibility index (Phi) is 4.92. The lowest BCUT2D eigenvalue weighted by Gasteiger charge is -2.19. The molecule has 0 spiro atoms. The molecule has 0 aliphatic carbocycles. The Hall–Kier alpha value is -1.41. The molecule has 102 valence electrons. The van der Waals surface area contributed by atoms with Crippen LogP contribution in [0.25, 0.3) is 10.9 Å². The third-order valence-corrected chi connectivity index (χ3v) is 3.68. The molecule has 2 nitrogen and oxygen atoms in total. The van der Waals surface area contributed by atoms with Gasteiger partial charge in [-0.15, -0.1) is 0 Å². The van der Waals surface area contributed by atoms with E-state index in [1.165, 1.54) is 30.2 Å². The molecule has 0 radical (unpaired) electrons. The zero-order valence-electron chi connectivity index (χ0n) is 12.2. The fourth-order valence-electron chi connectivity index (χ4n) is 2.62. The van der Waals surface area contributed by atoms with E-state index >= 15 is 0 Å². The van der Waals surface area contributed by atoms with E-state index in [0.717, 1.165) is 11.4 Å². The Labute approximate surface area is 116 Å². The summed E-state index contributed by atoms with van der Waals surface area (Å²) >= 11 is 0. The summed E-state index contributed by atoms with van der Waals surface area (Å²) in [5.41, 5.74) is 2.46. The summed E-state index contributed by atoms with van der Waals surface area (Å²) in [7, 11) is 2.05. The van der Waals surface area contributed by atoms with E-state index in [1.807, 2.05) is 12.3 Å². The highest BCUT2D eigenvalue weighted by Gasteiger charge is 2.12. The standard InChI is InChI=1S/C17H24N2/c1-13(2)7-4-10-16(18-3)14-8-5-11-17-15(14)9-6-12-19-17/h5-6,8-9,11-13,16,18H,4,7,10H2,1-3H3. The lowest BCUT2D eigenvalue weighted by molar-refractivity contribution is 0.472. The minimum absolute atomic E-state index is 0.423. The van der Waals surface area contributed by atoms with Crippen molar-refractivity contribution in [1.82, 2.24) is 10.3 Å². The second-order valence-corrected chi connectivity index (χ2v) is 5.58. The topological polar surface area (TPSA) is 24.9 Å². The van der Waals surface area contributed by atoms with Gasteiger partial charge in [-0.25, -0.2) is 0 Å². The van der Waals surface area contributed by atoms with Gasteiger partial charge in [0.05, 0.1) is 5.52 Å². The molecule has 1 aromatic carbocycles. The number of aromatic nitrogens is 1. The molecule has 1 unspecified atom stereocenters. The molecule has 19 heavy (non-hydrogen) atoms. The lowest BCUT2D eigenvalue weighted by atomic mass is 9.95. The van der Waals surface area contributed by atoms with Crippen LogP contribution < -0.4 is 5.32 Å². The highest BCUT2D eigenvalue weighted by Crippen LogP contribution is 2.26. The van der Waals surface area contributed by atoms with Gasteiger partial charge in [0, 0.05) is 17.6 Å². The average Bonchev–Trinajstić information content (AvgIpc) is 2.43. The summed E-state index contributed by atoms with van der Waals surface area (Å²) in [6, 6.07) is 11.0. The summed E-state index contributed by atoms with van der Waals surface area (Å²) in [5, 5.41) is 4.73. The lowest BCUT2D eigenvalue weighted by Crippen LogP contribution is -2.16. The summed E-state index contributed by atoms with van der Waals surface area (Å²) in [6.07, 6.45) is 5.60. The molecule has 0 aliphatic rings. The largest absolute Gasteiger partial charge is 0.313 e. The van der Waals surface area contributed by atoms with Crippen LogP contribution in [-0.2, 0) is 0 Å². The van der Waals surface area contributed by atoms with Crippen molar-refractivity contribution in [2.24, 2.45) is 5.92 Å². The number of nitrogens with one attached hydrogen (secondary N) is 1. The minimum Gasteiger partial charge on any atom is -0.313 e. The normalized spacial score (nSPS) is 13.1. The Morgan fingerprint density at radius 2 is 1.95 bits per heavy atom. The third-order valence-electron chi connectivity index (χ3n) is 3.68. The molecular formula is C17H24N2. The van der Waals surface area contributed by atoms with Gasteiger partial charge < -0.3 is 5.32 Å². The first kappa shape index (κ1) is 14.0. The van der Waals surface area contributed by atoms with E-state index in [-0.39, 0.29) is 0 Å². The van der Waals surface area contributed by atoms with Gasteiger partial charge in [-0.1, -0.05) is 44.9 Å². The second kappa shape index (κ2) is 6.67. The zero-order chi connectivity index (χ0) is 13.7. The molecule has 0 amide bonds. The van der Waals surface area contributed by atoms with Gasteiger partial charge in [0.25, 0.3) is 0 Å². The molecule has 0 aliphatic heterocycles. The molecule has 2 aromatic rings. The minimum atomic E-state index is 0.423. The molecular weight excluding hydrogens is 232 g/mol. The maximum atomic E-state index is 4.44. The van der Waals surface area contributed by atoms with Gasteiger partial charge in [0.15, 0.2) is 0 Å². The molecule has 1 atom stereocenters. The van der Waals surface area contributed by atoms with Crippen molar-refractivity contribution in [1.29, 1.82) is 0 Å².